The predicted molar refractivity (Wildman–Crippen MR) is 169 cm³/mol. The number of nitrogens with zero attached hydrogens (tertiary/aromatic N) is 2. The van der Waals surface area contributed by atoms with Crippen LogP contribution < -0.4 is 14.4 Å². The van der Waals surface area contributed by atoms with Crippen molar-refractivity contribution in [1.29, 1.82) is 0 Å². The quantitative estimate of drug-likeness (QED) is 0.245. The molecule has 1 atom stereocenters. The Labute approximate surface area is 258 Å². The van der Waals surface area contributed by atoms with Gasteiger partial charge in [0.25, 0.3) is 0 Å². The molecule has 0 fully saturated rings. The van der Waals surface area contributed by atoms with Gasteiger partial charge in [-0.1, -0.05) is 71.7 Å². The van der Waals surface area contributed by atoms with E-state index >= 15 is 0 Å². The smallest absolute Gasteiger partial charge is 0.243 e. The SMILES string of the molecule is COc1ccccc1N(CCCC(=O)N(Cc1ccc(Cl)c(Cl)c1)[C@H](Cc1ccccc1)C(=O)NC(C)C)S(C)(=O)=O. The highest BCUT2D eigenvalue weighted by Gasteiger charge is 2.31. The molecule has 0 heterocycles. The van der Waals surface area contributed by atoms with Crippen LogP contribution in [0.15, 0.2) is 72.8 Å². The van der Waals surface area contributed by atoms with Crippen molar-refractivity contribution in [3.05, 3.63) is 94.0 Å². The maximum Gasteiger partial charge on any atom is 0.243 e. The number of hydrogen-bond acceptors (Lipinski definition) is 5. The maximum absolute atomic E-state index is 13.9. The fourth-order valence-electron chi connectivity index (χ4n) is 4.59. The molecule has 0 aromatic heterocycles. The molecule has 11 heteroatoms. The summed E-state index contributed by atoms with van der Waals surface area (Å²) in [6.07, 6.45) is 1.63. The number of anilines is 1. The van der Waals surface area contributed by atoms with Crippen molar-refractivity contribution in [1.82, 2.24) is 10.2 Å². The van der Waals surface area contributed by atoms with E-state index in [4.69, 9.17) is 27.9 Å². The summed E-state index contributed by atoms with van der Waals surface area (Å²) in [5.41, 5.74) is 1.99. The van der Waals surface area contributed by atoms with Crippen molar-refractivity contribution in [2.24, 2.45) is 0 Å². The molecule has 2 amide bonds. The number of methoxy groups -OCH3 is 1. The van der Waals surface area contributed by atoms with Gasteiger partial charge in [-0.3, -0.25) is 13.9 Å². The molecule has 0 radical (unpaired) electrons. The van der Waals surface area contributed by atoms with E-state index in [1.165, 1.54) is 16.3 Å². The maximum atomic E-state index is 13.9. The number of nitrogens with one attached hydrogen (secondary N) is 1. The van der Waals surface area contributed by atoms with Crippen molar-refractivity contribution in [2.75, 3.05) is 24.2 Å². The number of hydrogen-bond donors (Lipinski definition) is 1. The second-order valence-corrected chi connectivity index (χ2v) is 13.0. The van der Waals surface area contributed by atoms with Crippen LogP contribution >= 0.6 is 23.2 Å². The van der Waals surface area contributed by atoms with Gasteiger partial charge >= 0.3 is 0 Å². The molecule has 0 spiro atoms. The van der Waals surface area contributed by atoms with Crippen LogP contribution in [0.2, 0.25) is 10.0 Å². The number of sulfonamides is 1. The Morgan fingerprint density at radius 2 is 1.60 bits per heavy atom. The lowest BCUT2D eigenvalue weighted by Gasteiger charge is -2.32. The minimum absolute atomic E-state index is 0.00272. The second-order valence-electron chi connectivity index (χ2n) is 10.2. The Kier molecular flexibility index (Phi) is 12.1. The first-order valence-electron chi connectivity index (χ1n) is 13.6. The van der Waals surface area contributed by atoms with E-state index in [1.54, 1.807) is 42.5 Å². The van der Waals surface area contributed by atoms with E-state index in [0.29, 0.717) is 33.5 Å². The van der Waals surface area contributed by atoms with Crippen molar-refractivity contribution < 1.29 is 22.7 Å². The Hall–Kier alpha value is -3.27. The lowest BCUT2D eigenvalue weighted by atomic mass is 10.0. The van der Waals surface area contributed by atoms with Gasteiger partial charge in [-0.15, -0.1) is 0 Å². The second kappa shape index (κ2) is 15.3. The Bertz CT molecular complexity index is 1470. The predicted octanol–water partition coefficient (Wildman–Crippen LogP) is 5.71. The van der Waals surface area contributed by atoms with Crippen LogP contribution in [0.4, 0.5) is 5.69 Å². The third-order valence-corrected chi connectivity index (χ3v) is 8.46. The third-order valence-electron chi connectivity index (χ3n) is 6.54. The number of carbonyl (C=O) groups is 2. The molecule has 0 unspecified atom stereocenters. The minimum atomic E-state index is -3.67. The third kappa shape index (κ3) is 9.37. The highest BCUT2D eigenvalue weighted by atomic mass is 35.5. The highest BCUT2D eigenvalue weighted by molar-refractivity contribution is 7.92. The van der Waals surface area contributed by atoms with E-state index in [2.05, 4.69) is 5.32 Å². The van der Waals surface area contributed by atoms with Gasteiger partial charge in [0.2, 0.25) is 21.8 Å². The normalized spacial score (nSPS) is 12.1. The number of carbonyl (C=O) groups excluding carboxylic acids is 2. The average Bonchev–Trinajstić information content (AvgIpc) is 2.94. The summed E-state index contributed by atoms with van der Waals surface area (Å²) < 4.78 is 32.0. The summed E-state index contributed by atoms with van der Waals surface area (Å²) in [6.45, 7) is 3.88. The van der Waals surface area contributed by atoms with Gasteiger partial charge in [-0.25, -0.2) is 8.42 Å². The van der Waals surface area contributed by atoms with Gasteiger partial charge in [-0.2, -0.15) is 0 Å². The molecule has 8 nitrogen and oxygen atoms in total. The number of rotatable bonds is 14. The average molecular weight is 635 g/mol. The summed E-state index contributed by atoms with van der Waals surface area (Å²) in [7, 11) is -2.20. The van der Waals surface area contributed by atoms with Crippen molar-refractivity contribution in [3.63, 3.8) is 0 Å². The zero-order valence-corrected chi connectivity index (χ0v) is 26.5. The topological polar surface area (TPSA) is 96.0 Å². The molecule has 0 aliphatic rings. The largest absolute Gasteiger partial charge is 0.495 e. The van der Waals surface area contributed by atoms with Crippen LogP contribution in [-0.4, -0.2) is 57.1 Å². The lowest BCUT2D eigenvalue weighted by molar-refractivity contribution is -0.141. The zero-order chi connectivity index (χ0) is 30.9. The first-order chi connectivity index (χ1) is 19.9. The van der Waals surface area contributed by atoms with Crippen LogP contribution in [0.5, 0.6) is 5.75 Å². The van der Waals surface area contributed by atoms with Crippen LogP contribution in [0.25, 0.3) is 0 Å². The molecule has 3 aromatic rings. The highest BCUT2D eigenvalue weighted by Crippen LogP contribution is 2.30. The Morgan fingerprint density at radius 3 is 2.21 bits per heavy atom. The van der Waals surface area contributed by atoms with Crippen molar-refractivity contribution >= 4 is 50.7 Å². The standard InChI is InChI=1S/C31H37Cl2N3O5S/c1-22(2)34-31(38)28(20-23-11-6-5-7-12-23)35(21-24-16-17-25(32)26(33)19-24)30(37)15-10-18-36(42(4,39)40)27-13-8-9-14-29(27)41-3/h5-9,11-14,16-17,19,22,28H,10,15,18,20-21H2,1-4H3,(H,34,38)/t28-/m1/s1. The van der Waals surface area contributed by atoms with Crippen LogP contribution in [0, 0.1) is 0 Å². The molecular formula is C31H37Cl2N3O5S. The van der Waals surface area contributed by atoms with Crippen LogP contribution in [0.1, 0.15) is 37.8 Å². The van der Waals surface area contributed by atoms with Crippen LogP contribution in [-0.2, 0) is 32.6 Å². The zero-order valence-electron chi connectivity index (χ0n) is 24.2. The number of ether oxygens (including phenoxy) is 1. The lowest BCUT2D eigenvalue weighted by Crippen LogP contribution is -2.51. The van der Waals surface area contributed by atoms with Gasteiger partial charge < -0.3 is 15.0 Å². The van der Waals surface area contributed by atoms with E-state index in [1.807, 2.05) is 44.2 Å². The molecule has 42 heavy (non-hydrogen) atoms. The summed E-state index contributed by atoms with van der Waals surface area (Å²) in [4.78, 5) is 29.0. The number of amides is 2. The van der Waals surface area contributed by atoms with E-state index < -0.39 is 16.1 Å². The summed E-state index contributed by atoms with van der Waals surface area (Å²) >= 11 is 12.4. The van der Waals surface area contributed by atoms with E-state index in [0.717, 1.165) is 11.8 Å². The van der Waals surface area contributed by atoms with Crippen LogP contribution in [0.3, 0.4) is 0 Å². The number of para-hydroxylation sites is 2. The number of halogens is 2. The van der Waals surface area contributed by atoms with Gasteiger partial charge in [0.1, 0.15) is 11.8 Å². The van der Waals surface area contributed by atoms with E-state index in [-0.39, 0.29) is 43.8 Å². The summed E-state index contributed by atoms with van der Waals surface area (Å²) in [5.74, 6) is -0.174. The minimum Gasteiger partial charge on any atom is -0.495 e. The molecule has 3 rings (SSSR count). The molecule has 3 aromatic carbocycles. The molecule has 0 aliphatic heterocycles. The fourth-order valence-corrected chi connectivity index (χ4v) is 5.88. The van der Waals surface area contributed by atoms with E-state index in [9.17, 15) is 18.0 Å². The van der Waals surface area contributed by atoms with Gasteiger partial charge in [0, 0.05) is 32.0 Å². The fraction of sp³-hybridized carbons (Fsp3) is 0.355. The molecule has 226 valence electrons. The Balaban J connectivity index is 1.92. The van der Waals surface area contributed by atoms with Gasteiger partial charge in [0.15, 0.2) is 0 Å². The molecular weight excluding hydrogens is 597 g/mol. The van der Waals surface area contributed by atoms with Crippen molar-refractivity contribution in [2.45, 2.75) is 51.7 Å². The first kappa shape index (κ1) is 33.2. The van der Waals surface area contributed by atoms with Gasteiger partial charge in [0.05, 0.1) is 29.1 Å². The van der Waals surface area contributed by atoms with Gasteiger partial charge in [-0.05, 0) is 55.7 Å². The molecule has 0 saturated carbocycles. The number of benzene rings is 3. The first-order valence-corrected chi connectivity index (χ1v) is 16.2. The summed E-state index contributed by atoms with van der Waals surface area (Å²) in [5, 5.41) is 3.68. The molecule has 0 aliphatic carbocycles. The summed E-state index contributed by atoms with van der Waals surface area (Å²) in [6, 6.07) is 20.4. The van der Waals surface area contributed by atoms with Crippen molar-refractivity contribution in [3.8, 4) is 5.75 Å². The molecule has 0 bridgehead atoms. The monoisotopic (exact) mass is 633 g/mol. The molecule has 0 saturated heterocycles. The molecule has 1 N–H and O–H groups in total. The Morgan fingerprint density at radius 1 is 0.929 bits per heavy atom.